The standard InChI is InChI=1S/C68H52F2N2/c1-43-11-19-47(20-12-43)53-31-37-65(61(39-53)49-23-15-45(3)16-24-49)71(57-9-5-7-55(69)41-57)63-35-29-51-28-34-60-64(36-30-52-27-33-59(63)67(51)68(52)60)72(58-10-6-8-56(70)42-58)66-38-32-54(48-21-13-44(2)14-22-48)40-62(66)50-25-17-46(4)18-26-50/h5-42,63,68H,1-4H3. The van der Waals surface area contributed by atoms with E-state index in [1.54, 1.807) is 24.3 Å². The van der Waals surface area contributed by atoms with Crippen molar-refractivity contribution in [1.29, 1.82) is 0 Å². The lowest BCUT2D eigenvalue weighted by molar-refractivity contribution is 0.627. The van der Waals surface area contributed by atoms with Crippen molar-refractivity contribution in [2.75, 3.05) is 9.80 Å². The number of aryl methyl sites for hydroxylation is 4. The van der Waals surface area contributed by atoms with E-state index in [2.05, 4.69) is 220 Å². The van der Waals surface area contributed by atoms with Crippen LogP contribution in [0.3, 0.4) is 0 Å². The second kappa shape index (κ2) is 18.3. The largest absolute Gasteiger partial charge is 0.330 e. The molecule has 0 radical (unpaired) electrons. The van der Waals surface area contributed by atoms with Gasteiger partial charge in [0.1, 0.15) is 11.6 Å². The van der Waals surface area contributed by atoms with Gasteiger partial charge in [-0.1, -0.05) is 186 Å². The van der Waals surface area contributed by atoms with Gasteiger partial charge in [-0.25, -0.2) is 8.78 Å². The highest BCUT2D eigenvalue weighted by Crippen LogP contribution is 2.53. The minimum atomic E-state index is -0.307. The third-order valence-corrected chi connectivity index (χ3v) is 14.6. The van der Waals surface area contributed by atoms with Crippen molar-refractivity contribution in [3.05, 3.63) is 298 Å². The van der Waals surface area contributed by atoms with Crippen LogP contribution in [0.4, 0.5) is 31.5 Å². The molecule has 4 aliphatic carbocycles. The van der Waals surface area contributed by atoms with Crippen LogP contribution in [0.25, 0.3) is 44.5 Å². The molecule has 8 aromatic rings. The predicted octanol–water partition coefficient (Wildman–Crippen LogP) is 18.0. The van der Waals surface area contributed by atoms with Gasteiger partial charge in [-0.05, 0) is 156 Å². The van der Waals surface area contributed by atoms with E-state index in [0.717, 1.165) is 89.7 Å². The Morgan fingerprint density at radius 3 is 1.49 bits per heavy atom. The molecular formula is C68H52F2N2. The molecule has 4 aliphatic rings. The van der Waals surface area contributed by atoms with Crippen LogP contribution >= 0.6 is 0 Å². The summed E-state index contributed by atoms with van der Waals surface area (Å²) in [5.41, 5.74) is 23.6. The van der Waals surface area contributed by atoms with E-state index >= 15 is 8.78 Å². The van der Waals surface area contributed by atoms with Crippen LogP contribution in [0, 0.1) is 45.2 Å². The van der Waals surface area contributed by atoms with Gasteiger partial charge in [0.15, 0.2) is 0 Å². The first-order valence-electron chi connectivity index (χ1n) is 24.8. The van der Waals surface area contributed by atoms with Crippen LogP contribution in [0.15, 0.2) is 264 Å². The first-order valence-corrected chi connectivity index (χ1v) is 24.8. The first-order chi connectivity index (χ1) is 35.1. The van der Waals surface area contributed by atoms with Crippen molar-refractivity contribution in [1.82, 2.24) is 0 Å². The lowest BCUT2D eigenvalue weighted by Crippen LogP contribution is -2.37. The summed E-state index contributed by atoms with van der Waals surface area (Å²) in [5.74, 6) is -0.733. The number of halogens is 2. The highest BCUT2D eigenvalue weighted by atomic mass is 19.1. The van der Waals surface area contributed by atoms with Gasteiger partial charge >= 0.3 is 0 Å². The summed E-state index contributed by atoms with van der Waals surface area (Å²) >= 11 is 0. The molecule has 2 unspecified atom stereocenters. The quantitative estimate of drug-likeness (QED) is 0.135. The molecule has 0 saturated heterocycles. The van der Waals surface area contributed by atoms with Gasteiger partial charge in [0.25, 0.3) is 0 Å². The fourth-order valence-corrected chi connectivity index (χ4v) is 10.9. The molecule has 2 atom stereocenters. The molecule has 0 amide bonds. The molecule has 0 saturated carbocycles. The molecule has 0 aliphatic heterocycles. The van der Waals surface area contributed by atoms with Crippen molar-refractivity contribution < 1.29 is 8.78 Å². The number of hydrogen-bond acceptors (Lipinski definition) is 2. The molecule has 0 spiro atoms. The molecule has 348 valence electrons. The van der Waals surface area contributed by atoms with E-state index in [1.165, 1.54) is 45.5 Å². The van der Waals surface area contributed by atoms with E-state index in [1.807, 2.05) is 12.1 Å². The third kappa shape index (κ3) is 8.19. The zero-order chi connectivity index (χ0) is 49.0. The van der Waals surface area contributed by atoms with E-state index in [0.29, 0.717) is 0 Å². The zero-order valence-corrected chi connectivity index (χ0v) is 40.7. The maximum Gasteiger partial charge on any atom is 0.125 e. The number of rotatable bonds is 10. The second-order valence-electron chi connectivity index (χ2n) is 19.5. The highest BCUT2D eigenvalue weighted by molar-refractivity contribution is 5.91. The van der Waals surface area contributed by atoms with Crippen molar-refractivity contribution >= 4 is 22.7 Å². The van der Waals surface area contributed by atoms with Gasteiger partial charge < -0.3 is 9.80 Å². The Labute approximate surface area is 421 Å². The normalized spacial score (nSPS) is 16.4. The Bertz CT molecular complexity index is 3670. The molecule has 72 heavy (non-hydrogen) atoms. The van der Waals surface area contributed by atoms with E-state index < -0.39 is 0 Å². The van der Waals surface area contributed by atoms with Crippen LogP contribution in [-0.2, 0) is 0 Å². The Balaban J connectivity index is 1.02. The molecule has 0 fully saturated rings. The lowest BCUT2D eigenvalue weighted by atomic mass is 9.67. The molecule has 0 N–H and O–H groups in total. The monoisotopic (exact) mass is 934 g/mol. The zero-order valence-electron chi connectivity index (χ0n) is 40.7. The lowest BCUT2D eigenvalue weighted by Gasteiger charge is -2.44. The Morgan fingerprint density at radius 2 is 0.917 bits per heavy atom. The van der Waals surface area contributed by atoms with Crippen molar-refractivity contribution in [3.8, 4) is 44.5 Å². The van der Waals surface area contributed by atoms with Crippen LogP contribution in [0.1, 0.15) is 22.3 Å². The third-order valence-electron chi connectivity index (χ3n) is 14.6. The summed E-state index contributed by atoms with van der Waals surface area (Å²) in [7, 11) is 0. The topological polar surface area (TPSA) is 6.48 Å². The van der Waals surface area contributed by atoms with Gasteiger partial charge in [-0.15, -0.1) is 0 Å². The Morgan fingerprint density at radius 1 is 0.417 bits per heavy atom. The number of anilines is 4. The number of benzene rings is 8. The SMILES string of the molecule is Cc1ccc(-c2ccc(N(C3=C4C=CC5=C6C(=CC=C(C=C3)C46)C(N(c3cccc(F)c3)c3ccc(-c4ccc(C)cc4)cc3-c3ccc(C)cc3)C=C5)c3cccc(F)c3)c(-c3ccc(C)cc3)c2)cc1. The van der Waals surface area contributed by atoms with Crippen LogP contribution in [-0.4, -0.2) is 6.04 Å². The van der Waals surface area contributed by atoms with Crippen molar-refractivity contribution in [2.24, 2.45) is 5.92 Å². The molecule has 12 rings (SSSR count). The summed E-state index contributed by atoms with van der Waals surface area (Å²) in [6.07, 6.45) is 17.9. The first kappa shape index (κ1) is 44.6. The number of allylic oxidation sites excluding steroid dienone is 10. The van der Waals surface area contributed by atoms with Gasteiger partial charge in [0.2, 0.25) is 0 Å². The van der Waals surface area contributed by atoms with E-state index in [4.69, 9.17) is 0 Å². The smallest absolute Gasteiger partial charge is 0.125 e. The van der Waals surface area contributed by atoms with E-state index in [-0.39, 0.29) is 23.6 Å². The van der Waals surface area contributed by atoms with Gasteiger partial charge in [0.05, 0.1) is 17.4 Å². The van der Waals surface area contributed by atoms with Crippen LogP contribution in [0.2, 0.25) is 0 Å². The molecule has 4 heteroatoms. The Kier molecular flexibility index (Phi) is 11.3. The molecule has 8 aromatic carbocycles. The van der Waals surface area contributed by atoms with Crippen molar-refractivity contribution in [3.63, 3.8) is 0 Å². The molecule has 0 aromatic heterocycles. The summed E-state index contributed by atoms with van der Waals surface area (Å²) in [4.78, 5) is 4.55. The number of hydrogen-bond donors (Lipinski definition) is 0. The molecule has 0 bridgehead atoms. The summed E-state index contributed by atoms with van der Waals surface area (Å²) in [5, 5.41) is 0. The summed E-state index contributed by atoms with van der Waals surface area (Å²) in [6.45, 7) is 8.43. The fraction of sp³-hybridized carbons (Fsp3) is 0.0882. The number of nitrogens with zero attached hydrogens (tertiary/aromatic N) is 2. The molecule has 2 nitrogen and oxygen atoms in total. The second-order valence-corrected chi connectivity index (χ2v) is 19.5. The fourth-order valence-electron chi connectivity index (χ4n) is 10.9. The Hall–Kier alpha value is -8.60. The minimum Gasteiger partial charge on any atom is -0.330 e. The minimum absolute atomic E-state index is 0.127. The van der Waals surface area contributed by atoms with Gasteiger partial charge in [0, 0.05) is 34.1 Å². The molecule has 0 heterocycles. The van der Waals surface area contributed by atoms with Crippen LogP contribution in [0.5, 0.6) is 0 Å². The summed E-state index contributed by atoms with van der Waals surface area (Å²) in [6, 6.07) is 61.6. The average Bonchev–Trinajstić information content (AvgIpc) is 3.40. The van der Waals surface area contributed by atoms with Gasteiger partial charge in [-0.2, -0.15) is 0 Å². The highest BCUT2D eigenvalue weighted by Gasteiger charge is 2.40. The molecular weight excluding hydrogens is 883 g/mol. The maximum atomic E-state index is 15.6. The van der Waals surface area contributed by atoms with Crippen molar-refractivity contribution in [2.45, 2.75) is 33.7 Å². The van der Waals surface area contributed by atoms with E-state index in [9.17, 15) is 0 Å². The van der Waals surface area contributed by atoms with Crippen LogP contribution < -0.4 is 9.80 Å². The van der Waals surface area contributed by atoms with Gasteiger partial charge in [-0.3, -0.25) is 0 Å². The average molecular weight is 935 g/mol. The maximum absolute atomic E-state index is 15.6. The predicted molar refractivity (Wildman–Crippen MR) is 296 cm³/mol. The summed E-state index contributed by atoms with van der Waals surface area (Å²) < 4.78 is 31.3.